The molecule has 0 radical (unpaired) electrons. The van der Waals surface area contributed by atoms with Crippen LogP contribution >= 0.6 is 0 Å². The van der Waals surface area contributed by atoms with Gasteiger partial charge in [-0.15, -0.1) is 0 Å². The van der Waals surface area contributed by atoms with E-state index in [0.29, 0.717) is 0 Å². The summed E-state index contributed by atoms with van der Waals surface area (Å²) in [4.78, 5) is 17.8. The van der Waals surface area contributed by atoms with E-state index in [0.717, 1.165) is 13.8 Å². The van der Waals surface area contributed by atoms with Crippen LogP contribution in [-0.2, 0) is 9.59 Å². The number of carboxylic acid groups (broad SMARTS) is 2. The van der Waals surface area contributed by atoms with Gasteiger partial charge in [0, 0.05) is 11.9 Å². The predicted molar refractivity (Wildman–Crippen MR) is 27.1 cm³/mol. The monoisotopic (exact) mass is 165 g/mol. The van der Waals surface area contributed by atoms with Gasteiger partial charge in [0.1, 0.15) is 0 Å². The van der Waals surface area contributed by atoms with Gasteiger partial charge in [-0.25, -0.2) is 0 Å². The Bertz CT molecular complexity index is 75.3. The van der Waals surface area contributed by atoms with E-state index in [1.807, 2.05) is 0 Å². The minimum atomic E-state index is -1.08. The first-order valence-electron chi connectivity index (χ1n) is 1.82. The molecule has 0 saturated heterocycles. The third kappa shape index (κ3) is 1040. The number of hydrogen-bond donors (Lipinski definition) is 0. The minimum absolute atomic E-state index is 0. The van der Waals surface area contributed by atoms with Gasteiger partial charge in [-0.2, -0.15) is 0 Å². The molecule has 10 heavy (non-hydrogen) atoms. The summed E-state index contributed by atoms with van der Waals surface area (Å²) in [5.74, 6) is -2.17. The average molecular weight is 165 g/mol. The molecule has 0 unspecified atom stereocenters. The van der Waals surface area contributed by atoms with Crippen LogP contribution in [0.15, 0.2) is 0 Å². The first-order chi connectivity index (χ1) is 3.46. The Morgan fingerprint density at radius 1 is 1.00 bits per heavy atom. The van der Waals surface area contributed by atoms with Crippen molar-refractivity contribution in [1.82, 2.24) is 0 Å². The maximum Gasteiger partial charge on any atom is 2.00 e. The van der Waals surface area contributed by atoms with Gasteiger partial charge >= 0.3 is 52.6 Å². The maximum atomic E-state index is 8.89. The zero-order chi connectivity index (χ0) is 7.15. The van der Waals surface area contributed by atoms with Crippen molar-refractivity contribution in [1.29, 1.82) is 0 Å². The largest absolute Gasteiger partial charge is 2.00 e. The van der Waals surface area contributed by atoms with Crippen molar-refractivity contribution in [2.24, 2.45) is 0 Å². The summed E-state index contributed by atoms with van der Waals surface area (Å²) in [5.41, 5.74) is 0. The summed E-state index contributed by atoms with van der Waals surface area (Å²) in [6.07, 6.45) is 0. The molecule has 0 aromatic heterocycles. The summed E-state index contributed by atoms with van der Waals surface area (Å²) < 4.78 is 0. The fourth-order valence-electron chi connectivity index (χ4n) is 0. The SMILES string of the molecule is CC(=O)[O-].CC(=O)[O-].[Mg+2].[Na+]. The molecule has 0 rings (SSSR count). The maximum absolute atomic E-state index is 8.89. The van der Waals surface area contributed by atoms with Crippen molar-refractivity contribution in [2.75, 3.05) is 0 Å². The van der Waals surface area contributed by atoms with Crippen molar-refractivity contribution in [3.05, 3.63) is 0 Å². The number of carbonyl (C=O) groups is 2. The van der Waals surface area contributed by atoms with Gasteiger partial charge < -0.3 is 19.8 Å². The van der Waals surface area contributed by atoms with E-state index in [-0.39, 0.29) is 52.6 Å². The molecule has 0 saturated carbocycles. The van der Waals surface area contributed by atoms with Crippen LogP contribution in [0.25, 0.3) is 0 Å². The summed E-state index contributed by atoms with van der Waals surface area (Å²) in [5, 5.41) is 17.8. The number of carboxylic acids is 2. The molecule has 6 heteroatoms. The van der Waals surface area contributed by atoms with E-state index in [1.165, 1.54) is 0 Å². The topological polar surface area (TPSA) is 80.3 Å². The molecule has 0 aromatic rings. The normalized spacial score (nSPS) is 5.00. The van der Waals surface area contributed by atoms with E-state index >= 15 is 0 Å². The van der Waals surface area contributed by atoms with Crippen molar-refractivity contribution in [3.8, 4) is 0 Å². The van der Waals surface area contributed by atoms with Gasteiger partial charge in [0.05, 0.1) is 0 Å². The molecule has 0 aliphatic heterocycles. The van der Waals surface area contributed by atoms with E-state index < -0.39 is 11.9 Å². The van der Waals surface area contributed by atoms with Crippen LogP contribution in [0.4, 0.5) is 0 Å². The van der Waals surface area contributed by atoms with Crippen LogP contribution in [0.2, 0.25) is 0 Å². The van der Waals surface area contributed by atoms with Gasteiger partial charge in [0.25, 0.3) is 0 Å². The van der Waals surface area contributed by atoms with Crippen molar-refractivity contribution in [2.45, 2.75) is 13.8 Å². The molecule has 0 bridgehead atoms. The predicted octanol–water partition coefficient (Wildman–Crippen LogP) is -5.86. The molecule has 4 nitrogen and oxygen atoms in total. The third-order valence-electron chi connectivity index (χ3n) is 0. The molecule has 0 fully saturated rings. The Balaban J connectivity index is -0.0000000300. The second-order valence-corrected chi connectivity index (χ2v) is 0.983. The summed E-state index contributed by atoms with van der Waals surface area (Å²) >= 11 is 0. The standard InChI is InChI=1S/2C2H4O2.Mg.Na/c2*1-2(3)4;;/h2*1H3,(H,3,4);;/q;;+2;+1/p-2. The first kappa shape index (κ1) is 22.4. The van der Waals surface area contributed by atoms with Crippen LogP contribution in [-0.4, -0.2) is 35.0 Å². The zero-order valence-electron chi connectivity index (χ0n) is 6.34. The second-order valence-electron chi connectivity index (χ2n) is 0.983. The summed E-state index contributed by atoms with van der Waals surface area (Å²) in [6.45, 7) is 1.94. The number of rotatable bonds is 0. The Morgan fingerprint density at radius 3 is 1.00 bits per heavy atom. The fourth-order valence-corrected chi connectivity index (χ4v) is 0. The van der Waals surface area contributed by atoms with Gasteiger partial charge in [-0.3, -0.25) is 0 Å². The molecule has 0 aromatic carbocycles. The van der Waals surface area contributed by atoms with Crippen molar-refractivity contribution in [3.63, 3.8) is 0 Å². The molecule has 48 valence electrons. The van der Waals surface area contributed by atoms with E-state index in [9.17, 15) is 0 Å². The number of hydrogen-bond acceptors (Lipinski definition) is 4. The molecule has 0 aliphatic rings. The van der Waals surface area contributed by atoms with Gasteiger partial charge in [0.15, 0.2) is 0 Å². The molecular weight excluding hydrogens is 159 g/mol. The minimum Gasteiger partial charge on any atom is -0.550 e. The molecule has 0 aliphatic carbocycles. The number of carbonyl (C=O) groups excluding carboxylic acids is 2. The molecule has 0 spiro atoms. The Labute approximate surface area is 97.4 Å². The van der Waals surface area contributed by atoms with Crippen LogP contribution in [0.3, 0.4) is 0 Å². The van der Waals surface area contributed by atoms with Crippen molar-refractivity contribution >= 4 is 35.0 Å². The molecule has 0 heterocycles. The van der Waals surface area contributed by atoms with Crippen molar-refractivity contribution < 1.29 is 49.4 Å². The number of aliphatic carboxylic acids is 2. The zero-order valence-corrected chi connectivity index (χ0v) is 9.75. The van der Waals surface area contributed by atoms with E-state index in [4.69, 9.17) is 19.8 Å². The van der Waals surface area contributed by atoms with E-state index in [1.54, 1.807) is 0 Å². The Kier molecular flexibility index (Phi) is 36.7. The summed E-state index contributed by atoms with van der Waals surface area (Å²) in [6, 6.07) is 0. The molecule has 0 atom stereocenters. The second kappa shape index (κ2) is 16.4. The molecule has 0 amide bonds. The summed E-state index contributed by atoms with van der Waals surface area (Å²) in [7, 11) is 0. The van der Waals surface area contributed by atoms with Gasteiger partial charge in [0.2, 0.25) is 0 Å². The average Bonchev–Trinajstić information content (AvgIpc) is 1.25. The van der Waals surface area contributed by atoms with Crippen LogP contribution in [0, 0.1) is 0 Å². The van der Waals surface area contributed by atoms with E-state index in [2.05, 4.69) is 0 Å². The Hall–Kier alpha value is 0.706. The molecular formula is C4H6MgNaO4+. The third-order valence-corrected chi connectivity index (χ3v) is 0. The Morgan fingerprint density at radius 2 is 1.00 bits per heavy atom. The van der Waals surface area contributed by atoms with Gasteiger partial charge in [-0.1, -0.05) is 0 Å². The van der Waals surface area contributed by atoms with Crippen LogP contribution in [0.5, 0.6) is 0 Å². The quantitative estimate of drug-likeness (QED) is 0.335. The first-order valence-corrected chi connectivity index (χ1v) is 1.82. The van der Waals surface area contributed by atoms with Crippen LogP contribution < -0.4 is 39.8 Å². The van der Waals surface area contributed by atoms with Crippen LogP contribution in [0.1, 0.15) is 13.8 Å². The van der Waals surface area contributed by atoms with Gasteiger partial charge in [-0.05, 0) is 13.8 Å². The molecule has 0 N–H and O–H groups in total. The smallest absolute Gasteiger partial charge is 0.550 e. The fraction of sp³-hybridized carbons (Fsp3) is 0.500.